The summed E-state index contributed by atoms with van der Waals surface area (Å²) in [5.74, 6) is -0.751. The van der Waals surface area contributed by atoms with Crippen molar-refractivity contribution in [3.63, 3.8) is 0 Å². The fourth-order valence-corrected chi connectivity index (χ4v) is 3.25. The maximum Gasteiger partial charge on any atom is 0.271 e. The monoisotopic (exact) mass is 416 g/mol. The van der Waals surface area contributed by atoms with Gasteiger partial charge in [-0.15, -0.1) is 0 Å². The standard InChI is InChI=1S/C23H17FN4O3/c24-19-9-5-16(6-10-19)14-27-15-18(21-3-1-2-4-22(21)27)13-25-26-23(29)17-7-11-20(12-8-17)28(30)31/h1-13,15H,14H2,(H,26,29)/b25-13+. The van der Waals surface area contributed by atoms with Crippen molar-refractivity contribution in [3.8, 4) is 0 Å². The molecule has 1 heterocycles. The third-order valence-electron chi connectivity index (χ3n) is 4.80. The van der Waals surface area contributed by atoms with E-state index in [4.69, 9.17) is 0 Å². The van der Waals surface area contributed by atoms with Gasteiger partial charge in [-0.3, -0.25) is 14.9 Å². The number of nitrogens with one attached hydrogen (secondary N) is 1. The highest BCUT2D eigenvalue weighted by atomic mass is 19.1. The number of benzene rings is 3. The number of nitrogens with zero attached hydrogens (tertiary/aromatic N) is 3. The summed E-state index contributed by atoms with van der Waals surface area (Å²) in [5.41, 5.74) is 5.36. The topological polar surface area (TPSA) is 89.5 Å². The van der Waals surface area contributed by atoms with Gasteiger partial charge in [0.1, 0.15) is 5.82 Å². The molecule has 1 N–H and O–H groups in total. The highest BCUT2D eigenvalue weighted by Crippen LogP contribution is 2.21. The molecule has 0 saturated carbocycles. The Morgan fingerprint density at radius 1 is 1.06 bits per heavy atom. The molecule has 0 radical (unpaired) electrons. The zero-order valence-electron chi connectivity index (χ0n) is 16.2. The maximum absolute atomic E-state index is 13.2. The lowest BCUT2D eigenvalue weighted by Crippen LogP contribution is -2.17. The van der Waals surface area contributed by atoms with E-state index in [1.54, 1.807) is 18.3 Å². The van der Waals surface area contributed by atoms with Gasteiger partial charge in [-0.1, -0.05) is 30.3 Å². The molecule has 0 aliphatic rings. The first kappa shape index (κ1) is 20.0. The second-order valence-corrected chi connectivity index (χ2v) is 6.86. The smallest absolute Gasteiger partial charge is 0.271 e. The van der Waals surface area contributed by atoms with E-state index >= 15 is 0 Å². The molecule has 0 unspecified atom stereocenters. The Bertz CT molecular complexity index is 1280. The fourth-order valence-electron chi connectivity index (χ4n) is 3.25. The Labute approximate surface area is 176 Å². The summed E-state index contributed by atoms with van der Waals surface area (Å²) >= 11 is 0. The molecule has 0 bridgehead atoms. The zero-order valence-corrected chi connectivity index (χ0v) is 16.2. The summed E-state index contributed by atoms with van der Waals surface area (Å²) in [4.78, 5) is 22.4. The number of aromatic nitrogens is 1. The molecular formula is C23H17FN4O3. The molecule has 0 aliphatic carbocycles. The van der Waals surface area contributed by atoms with Crippen LogP contribution in [0.4, 0.5) is 10.1 Å². The number of carbonyl (C=O) groups excluding carboxylic acids is 1. The molecule has 0 aliphatic heterocycles. The van der Waals surface area contributed by atoms with Crippen LogP contribution in [0.3, 0.4) is 0 Å². The third kappa shape index (κ3) is 4.48. The van der Waals surface area contributed by atoms with Crippen LogP contribution >= 0.6 is 0 Å². The quantitative estimate of drug-likeness (QED) is 0.285. The first-order valence-electron chi connectivity index (χ1n) is 9.41. The number of nitro benzene ring substituents is 1. The van der Waals surface area contributed by atoms with Crippen molar-refractivity contribution in [3.05, 3.63) is 112 Å². The molecule has 4 rings (SSSR count). The van der Waals surface area contributed by atoms with Gasteiger partial charge in [0.05, 0.1) is 11.1 Å². The first-order chi connectivity index (χ1) is 15.0. The number of nitro groups is 1. The van der Waals surface area contributed by atoms with Gasteiger partial charge in [0.25, 0.3) is 11.6 Å². The molecule has 1 amide bonds. The molecule has 31 heavy (non-hydrogen) atoms. The van der Waals surface area contributed by atoms with Crippen molar-refractivity contribution in [2.24, 2.45) is 5.10 Å². The van der Waals surface area contributed by atoms with Crippen molar-refractivity contribution in [2.45, 2.75) is 6.54 Å². The largest absolute Gasteiger partial charge is 0.342 e. The third-order valence-corrected chi connectivity index (χ3v) is 4.80. The number of amides is 1. The Morgan fingerprint density at radius 3 is 2.48 bits per heavy atom. The molecule has 0 atom stereocenters. The van der Waals surface area contributed by atoms with Crippen LogP contribution in [0.15, 0.2) is 84.1 Å². The van der Waals surface area contributed by atoms with E-state index in [2.05, 4.69) is 10.5 Å². The number of hydrazone groups is 1. The fraction of sp³-hybridized carbons (Fsp3) is 0.0435. The summed E-state index contributed by atoms with van der Waals surface area (Å²) in [6.45, 7) is 0.559. The molecule has 4 aromatic rings. The van der Waals surface area contributed by atoms with Crippen LogP contribution in [0.25, 0.3) is 10.9 Å². The van der Waals surface area contributed by atoms with Gasteiger partial charge < -0.3 is 4.57 Å². The van der Waals surface area contributed by atoms with Crippen LogP contribution < -0.4 is 5.43 Å². The van der Waals surface area contributed by atoms with E-state index in [-0.39, 0.29) is 17.1 Å². The van der Waals surface area contributed by atoms with Gasteiger partial charge in [-0.05, 0) is 35.9 Å². The highest BCUT2D eigenvalue weighted by Gasteiger charge is 2.10. The Kier molecular flexibility index (Phi) is 5.53. The van der Waals surface area contributed by atoms with Gasteiger partial charge in [-0.2, -0.15) is 5.10 Å². The van der Waals surface area contributed by atoms with Crippen LogP contribution in [-0.2, 0) is 6.54 Å². The van der Waals surface area contributed by atoms with Crippen molar-refractivity contribution in [1.29, 1.82) is 0 Å². The molecule has 7 nitrogen and oxygen atoms in total. The Morgan fingerprint density at radius 2 is 1.77 bits per heavy atom. The molecule has 0 saturated heterocycles. The van der Waals surface area contributed by atoms with Crippen molar-refractivity contribution < 1.29 is 14.1 Å². The van der Waals surface area contributed by atoms with Crippen LogP contribution in [0.1, 0.15) is 21.5 Å². The van der Waals surface area contributed by atoms with Gasteiger partial charge >= 0.3 is 0 Å². The number of halogens is 1. The van der Waals surface area contributed by atoms with E-state index < -0.39 is 10.8 Å². The van der Waals surface area contributed by atoms with E-state index in [0.29, 0.717) is 6.54 Å². The summed E-state index contributed by atoms with van der Waals surface area (Å²) in [6.07, 6.45) is 3.46. The average Bonchev–Trinajstić information content (AvgIpc) is 3.13. The maximum atomic E-state index is 13.2. The zero-order chi connectivity index (χ0) is 21.8. The van der Waals surface area contributed by atoms with Gasteiger partial charge in [0.15, 0.2) is 0 Å². The summed E-state index contributed by atoms with van der Waals surface area (Å²) in [7, 11) is 0. The predicted molar refractivity (Wildman–Crippen MR) is 116 cm³/mol. The molecular weight excluding hydrogens is 399 g/mol. The molecule has 1 aromatic heterocycles. The number of fused-ring (bicyclic) bond motifs is 1. The van der Waals surface area contributed by atoms with E-state index in [1.807, 2.05) is 35.0 Å². The lowest BCUT2D eigenvalue weighted by molar-refractivity contribution is -0.384. The summed E-state index contributed by atoms with van der Waals surface area (Å²) in [6, 6.07) is 19.4. The highest BCUT2D eigenvalue weighted by molar-refractivity contribution is 6.00. The minimum absolute atomic E-state index is 0.0889. The number of non-ortho nitro benzene ring substituents is 1. The molecule has 0 fully saturated rings. The van der Waals surface area contributed by atoms with E-state index in [0.717, 1.165) is 22.0 Å². The Hall–Kier alpha value is -4.33. The molecule has 8 heteroatoms. The molecule has 0 spiro atoms. The van der Waals surface area contributed by atoms with Gasteiger partial charge in [0, 0.05) is 46.9 Å². The minimum Gasteiger partial charge on any atom is -0.342 e. The van der Waals surface area contributed by atoms with Crippen molar-refractivity contribution in [2.75, 3.05) is 0 Å². The van der Waals surface area contributed by atoms with Crippen molar-refractivity contribution >= 4 is 28.7 Å². The first-order valence-corrected chi connectivity index (χ1v) is 9.41. The van der Waals surface area contributed by atoms with Crippen molar-refractivity contribution in [1.82, 2.24) is 9.99 Å². The van der Waals surface area contributed by atoms with Crippen LogP contribution in [-0.4, -0.2) is 21.6 Å². The van der Waals surface area contributed by atoms with Crippen LogP contribution in [0, 0.1) is 15.9 Å². The van der Waals surface area contributed by atoms with Gasteiger partial charge in [-0.25, -0.2) is 9.82 Å². The molecule has 154 valence electrons. The molecule has 3 aromatic carbocycles. The Balaban J connectivity index is 1.52. The summed E-state index contributed by atoms with van der Waals surface area (Å²) < 4.78 is 15.2. The second-order valence-electron chi connectivity index (χ2n) is 6.86. The number of carbonyl (C=O) groups is 1. The lowest BCUT2D eigenvalue weighted by atomic mass is 10.2. The SMILES string of the molecule is O=C(N/N=C/c1cn(Cc2ccc(F)cc2)c2ccccc12)c1ccc([N+](=O)[O-])cc1. The number of hydrogen-bond acceptors (Lipinski definition) is 4. The number of para-hydroxylation sites is 1. The number of hydrogen-bond donors (Lipinski definition) is 1. The van der Waals surface area contributed by atoms with Gasteiger partial charge in [0.2, 0.25) is 0 Å². The normalized spacial score (nSPS) is 11.1. The lowest BCUT2D eigenvalue weighted by Gasteiger charge is -2.05. The van der Waals surface area contributed by atoms with E-state index in [1.165, 1.54) is 36.4 Å². The van der Waals surface area contributed by atoms with E-state index in [9.17, 15) is 19.3 Å². The summed E-state index contributed by atoms with van der Waals surface area (Å²) in [5, 5.41) is 15.7. The second kappa shape index (κ2) is 8.58. The van der Waals surface area contributed by atoms with Crippen LogP contribution in [0.2, 0.25) is 0 Å². The number of rotatable bonds is 6. The average molecular weight is 416 g/mol. The van der Waals surface area contributed by atoms with Crippen LogP contribution in [0.5, 0.6) is 0 Å². The minimum atomic E-state index is -0.526. The predicted octanol–water partition coefficient (Wildman–Crippen LogP) is 4.50.